The monoisotopic (exact) mass is 893 g/mol. The molecule has 0 aliphatic carbocycles. The summed E-state index contributed by atoms with van der Waals surface area (Å²) in [6, 6.07) is 94.1. The van der Waals surface area contributed by atoms with Gasteiger partial charge in [-0.1, -0.05) is 158 Å². The van der Waals surface area contributed by atoms with Crippen molar-refractivity contribution in [3.05, 3.63) is 261 Å². The van der Waals surface area contributed by atoms with E-state index < -0.39 is 0 Å². The van der Waals surface area contributed by atoms with Gasteiger partial charge in [0.05, 0.1) is 22.1 Å². The van der Waals surface area contributed by atoms with E-state index in [1.54, 1.807) is 0 Å². The molecule has 3 aromatic heterocycles. The first-order valence-electron chi connectivity index (χ1n) is 23.9. The minimum absolute atomic E-state index is 0.894. The summed E-state index contributed by atoms with van der Waals surface area (Å²) in [7, 11) is 0. The van der Waals surface area contributed by atoms with Gasteiger partial charge >= 0.3 is 0 Å². The van der Waals surface area contributed by atoms with E-state index >= 15 is 0 Å². The number of para-hydroxylation sites is 5. The summed E-state index contributed by atoms with van der Waals surface area (Å²) < 4.78 is 11.1. The van der Waals surface area contributed by atoms with Crippen molar-refractivity contribution in [1.29, 1.82) is 0 Å². The first-order chi connectivity index (χ1) is 34.7. The zero-order valence-electron chi connectivity index (χ0n) is 38.1. The van der Waals surface area contributed by atoms with Gasteiger partial charge in [-0.2, -0.15) is 0 Å². The number of hydrogen-bond donors (Lipinski definition) is 0. The Morgan fingerprint density at radius 1 is 0.271 bits per heavy atom. The fraction of sp³-hybridized carbons (Fsp3) is 0. The van der Waals surface area contributed by atoms with Gasteiger partial charge in [-0.25, -0.2) is 0 Å². The summed E-state index contributed by atoms with van der Waals surface area (Å²) in [4.78, 5) is 2.36. The van der Waals surface area contributed by atoms with Crippen LogP contribution in [0.4, 0.5) is 17.1 Å². The molecule has 4 heteroatoms. The molecule has 0 unspecified atom stereocenters. The Labute approximate surface area is 404 Å². The lowest BCUT2D eigenvalue weighted by molar-refractivity contribution is 0.669. The molecule has 3 heterocycles. The molecule has 0 bridgehead atoms. The average molecular weight is 894 g/mol. The van der Waals surface area contributed by atoms with Gasteiger partial charge in [-0.3, -0.25) is 0 Å². The maximum atomic E-state index is 6.30. The molecule has 328 valence electrons. The highest BCUT2D eigenvalue weighted by Crippen LogP contribution is 2.43. The van der Waals surface area contributed by atoms with Crippen LogP contribution in [0, 0.1) is 0 Å². The smallest absolute Gasteiger partial charge is 0.136 e. The largest absolute Gasteiger partial charge is 0.456 e. The summed E-state index contributed by atoms with van der Waals surface area (Å²) in [5.41, 5.74) is 19.1. The molecule has 0 amide bonds. The molecule has 0 aliphatic rings. The predicted molar refractivity (Wildman–Crippen MR) is 293 cm³/mol. The second-order valence-electron chi connectivity index (χ2n) is 18.1. The summed E-state index contributed by atoms with van der Waals surface area (Å²) in [6.07, 6.45) is 0. The Morgan fingerprint density at radius 2 is 0.671 bits per heavy atom. The van der Waals surface area contributed by atoms with Gasteiger partial charge < -0.3 is 18.5 Å². The van der Waals surface area contributed by atoms with Crippen LogP contribution < -0.4 is 4.90 Å². The lowest BCUT2D eigenvalue weighted by Crippen LogP contribution is -2.09. The number of benzene rings is 11. The molecule has 4 nitrogen and oxygen atoms in total. The van der Waals surface area contributed by atoms with Gasteiger partial charge in [-0.05, 0) is 137 Å². The maximum absolute atomic E-state index is 6.30. The first-order valence-corrected chi connectivity index (χ1v) is 23.9. The van der Waals surface area contributed by atoms with Crippen molar-refractivity contribution < 1.29 is 4.42 Å². The molecule has 11 aromatic carbocycles. The van der Waals surface area contributed by atoms with Crippen molar-refractivity contribution in [3.8, 4) is 44.8 Å². The summed E-state index contributed by atoms with van der Waals surface area (Å²) >= 11 is 0. The molecule has 0 fully saturated rings. The summed E-state index contributed by atoms with van der Waals surface area (Å²) in [5.74, 6) is 0. The van der Waals surface area contributed by atoms with Crippen molar-refractivity contribution in [2.45, 2.75) is 0 Å². The zero-order valence-corrected chi connectivity index (χ0v) is 38.1. The molecule has 0 saturated carbocycles. The molecule has 0 aliphatic heterocycles. The van der Waals surface area contributed by atoms with Gasteiger partial charge in [-0.15, -0.1) is 0 Å². The molecule has 14 rings (SSSR count). The number of rotatable bonds is 8. The third kappa shape index (κ3) is 6.38. The van der Waals surface area contributed by atoms with Crippen LogP contribution in [0.1, 0.15) is 0 Å². The highest BCUT2D eigenvalue weighted by molar-refractivity contribution is 6.17. The average Bonchev–Trinajstić information content (AvgIpc) is 4.10. The SMILES string of the molecule is c1ccc(-n2c3ccccc3c3c(-c4ccc(N(c5ccc(-c6ccc7c(c6)oc6ccccc67)cc5)c5ccc(-c6cccc7c6c6ccccc6n7-c6ccccc6)cc5)cc4)cccc32)cc1. The minimum atomic E-state index is 0.894. The molecule has 0 spiro atoms. The molecule has 14 aromatic rings. The van der Waals surface area contributed by atoms with Crippen molar-refractivity contribution in [2.75, 3.05) is 4.90 Å². The van der Waals surface area contributed by atoms with Gasteiger partial charge in [0.25, 0.3) is 0 Å². The van der Waals surface area contributed by atoms with Crippen LogP contribution in [0.25, 0.3) is 110 Å². The van der Waals surface area contributed by atoms with Gasteiger partial charge in [0, 0.05) is 60.8 Å². The summed E-state index contributed by atoms with van der Waals surface area (Å²) in [5, 5.41) is 7.25. The van der Waals surface area contributed by atoms with Crippen molar-refractivity contribution >= 4 is 82.6 Å². The number of nitrogens with zero attached hydrogens (tertiary/aromatic N) is 3. The Morgan fingerprint density at radius 3 is 1.19 bits per heavy atom. The predicted octanol–water partition coefficient (Wildman–Crippen LogP) is 18.3. The Kier molecular flexibility index (Phi) is 9.17. The van der Waals surface area contributed by atoms with E-state index in [4.69, 9.17) is 4.42 Å². The van der Waals surface area contributed by atoms with Crippen molar-refractivity contribution in [3.63, 3.8) is 0 Å². The Balaban J connectivity index is 0.880. The third-order valence-corrected chi connectivity index (χ3v) is 14.1. The van der Waals surface area contributed by atoms with Gasteiger partial charge in [0.1, 0.15) is 11.2 Å². The van der Waals surface area contributed by atoms with E-state index in [-0.39, 0.29) is 0 Å². The molecule has 0 atom stereocenters. The minimum Gasteiger partial charge on any atom is -0.456 e. The van der Waals surface area contributed by atoms with Crippen LogP contribution in [0.3, 0.4) is 0 Å². The zero-order chi connectivity index (χ0) is 46.1. The van der Waals surface area contributed by atoms with E-state index in [1.807, 2.05) is 12.1 Å². The normalized spacial score (nSPS) is 11.7. The molecule has 0 N–H and O–H groups in total. The van der Waals surface area contributed by atoms with Crippen molar-refractivity contribution in [1.82, 2.24) is 9.13 Å². The second-order valence-corrected chi connectivity index (χ2v) is 18.1. The van der Waals surface area contributed by atoms with Crippen LogP contribution in [0.2, 0.25) is 0 Å². The van der Waals surface area contributed by atoms with E-state index in [0.29, 0.717) is 0 Å². The van der Waals surface area contributed by atoms with Crippen LogP contribution in [-0.2, 0) is 0 Å². The first kappa shape index (κ1) is 39.8. The lowest BCUT2D eigenvalue weighted by atomic mass is 9.98. The quantitative estimate of drug-likeness (QED) is 0.152. The highest BCUT2D eigenvalue weighted by Gasteiger charge is 2.20. The maximum Gasteiger partial charge on any atom is 0.136 e. The lowest BCUT2D eigenvalue weighted by Gasteiger charge is -2.26. The van der Waals surface area contributed by atoms with E-state index in [0.717, 1.165) is 61.5 Å². The topological polar surface area (TPSA) is 26.2 Å². The van der Waals surface area contributed by atoms with Crippen LogP contribution in [-0.4, -0.2) is 9.13 Å². The summed E-state index contributed by atoms with van der Waals surface area (Å²) in [6.45, 7) is 0. The molecule has 0 radical (unpaired) electrons. The van der Waals surface area contributed by atoms with Crippen LogP contribution in [0.15, 0.2) is 265 Å². The van der Waals surface area contributed by atoms with E-state index in [9.17, 15) is 0 Å². The number of aromatic nitrogens is 2. The fourth-order valence-electron chi connectivity index (χ4n) is 11.0. The van der Waals surface area contributed by atoms with Gasteiger partial charge in [0.2, 0.25) is 0 Å². The Bertz CT molecular complexity index is 4060. The molecule has 70 heavy (non-hydrogen) atoms. The molecular formula is C66H43N3O. The highest BCUT2D eigenvalue weighted by atomic mass is 16.3. The number of fused-ring (bicyclic) bond motifs is 9. The molecule has 0 saturated heterocycles. The fourth-order valence-corrected chi connectivity index (χ4v) is 11.0. The van der Waals surface area contributed by atoms with E-state index in [1.165, 1.54) is 65.9 Å². The number of anilines is 3. The van der Waals surface area contributed by atoms with Crippen LogP contribution in [0.5, 0.6) is 0 Å². The van der Waals surface area contributed by atoms with Crippen molar-refractivity contribution in [2.24, 2.45) is 0 Å². The number of hydrogen-bond acceptors (Lipinski definition) is 2. The van der Waals surface area contributed by atoms with Gasteiger partial charge in [0.15, 0.2) is 0 Å². The molecular weight excluding hydrogens is 851 g/mol. The third-order valence-electron chi connectivity index (χ3n) is 14.1. The number of furan rings is 1. The standard InChI is InChI=1S/C66H43N3O/c1-3-15-48(16-4-1)68-59-24-10-7-20-57(59)65-53(22-13-26-61(65)68)45-31-38-51(39-32-45)67(50-36-29-44(30-37-50)47-35-42-56-55-19-9-12-28-63(55)70-64(56)43-47)52-40-33-46(34-41-52)54-23-14-27-62-66(54)58-21-8-11-25-60(58)69(62)49-17-5-2-6-18-49/h1-43H. The van der Waals surface area contributed by atoms with E-state index in [2.05, 4.69) is 263 Å². The van der Waals surface area contributed by atoms with Crippen LogP contribution >= 0.6 is 0 Å². The Hall–Kier alpha value is -9.38. The second kappa shape index (κ2) is 16.2.